The average molecular weight is 399 g/mol. The van der Waals surface area contributed by atoms with Crippen molar-refractivity contribution in [2.45, 2.75) is 18.3 Å². The van der Waals surface area contributed by atoms with Gasteiger partial charge in [-0.05, 0) is 36.4 Å². The summed E-state index contributed by atoms with van der Waals surface area (Å²) in [4.78, 5) is 18.1. The van der Waals surface area contributed by atoms with E-state index in [1.165, 1.54) is 29.2 Å². The van der Waals surface area contributed by atoms with Gasteiger partial charge in [0.15, 0.2) is 11.8 Å². The summed E-state index contributed by atoms with van der Waals surface area (Å²) in [5.41, 5.74) is 4.53. The minimum atomic E-state index is -1.70. The second-order valence-corrected chi connectivity index (χ2v) is 6.98. The van der Waals surface area contributed by atoms with E-state index in [-0.39, 0.29) is 36.6 Å². The van der Waals surface area contributed by atoms with Gasteiger partial charge in [0.1, 0.15) is 17.5 Å². The number of alkyl halides is 1. The van der Waals surface area contributed by atoms with Crippen LogP contribution in [0.4, 0.5) is 18.9 Å². The normalized spacial score (nSPS) is 23.0. The van der Waals surface area contributed by atoms with Crippen molar-refractivity contribution in [3.63, 3.8) is 0 Å². The van der Waals surface area contributed by atoms with Crippen molar-refractivity contribution in [2.75, 3.05) is 18.4 Å². The van der Waals surface area contributed by atoms with Crippen LogP contribution < -0.4 is 11.1 Å². The Morgan fingerprint density at radius 1 is 1.24 bits per heavy atom. The molecule has 0 aromatic heterocycles. The maximum absolute atomic E-state index is 15.2. The van der Waals surface area contributed by atoms with E-state index in [0.717, 1.165) is 12.1 Å². The number of benzene rings is 2. The Hall–Kier alpha value is -3.54. The van der Waals surface area contributed by atoms with Crippen molar-refractivity contribution in [1.82, 2.24) is 4.90 Å². The Balaban J connectivity index is 1.58. The number of nitriles is 1. The molecule has 0 radical (unpaired) electrons. The van der Waals surface area contributed by atoms with Gasteiger partial charge >= 0.3 is 0 Å². The minimum absolute atomic E-state index is 0.0201. The standard InChI is InChI=1S/C20H16F3N5O/c21-13-5-6-14(22)17-16(13)18(25)27-20(26-17)7-8-28(10-15(20)23)19(29)12-3-1-11(9-24)2-4-12/h1-6,15,26H,7-8,10H2,(H2,25,27)/t15-,20-/m1/s1. The fourth-order valence-corrected chi connectivity index (χ4v) is 3.66. The third-order valence-electron chi connectivity index (χ3n) is 5.23. The highest BCUT2D eigenvalue weighted by molar-refractivity contribution is 6.04. The van der Waals surface area contributed by atoms with Crippen LogP contribution >= 0.6 is 0 Å². The molecule has 2 heterocycles. The molecule has 0 saturated carbocycles. The third kappa shape index (κ3) is 3.06. The molecule has 1 spiro atoms. The van der Waals surface area contributed by atoms with E-state index >= 15 is 4.39 Å². The molecule has 0 bridgehead atoms. The first kappa shape index (κ1) is 18.8. The molecular weight excluding hydrogens is 383 g/mol. The number of nitrogens with two attached hydrogens (primary N) is 1. The highest BCUT2D eigenvalue weighted by Gasteiger charge is 2.48. The topological polar surface area (TPSA) is 94.5 Å². The first-order valence-electron chi connectivity index (χ1n) is 8.90. The molecule has 3 N–H and O–H groups in total. The summed E-state index contributed by atoms with van der Waals surface area (Å²) in [5.74, 6) is -2.20. The van der Waals surface area contributed by atoms with Gasteiger partial charge in [0.05, 0.1) is 29.4 Å². The Morgan fingerprint density at radius 2 is 1.93 bits per heavy atom. The van der Waals surface area contributed by atoms with Crippen LogP contribution in [0.25, 0.3) is 0 Å². The Kier molecular flexibility index (Phi) is 4.42. The lowest BCUT2D eigenvalue weighted by Gasteiger charge is -2.44. The fourth-order valence-electron chi connectivity index (χ4n) is 3.66. The van der Waals surface area contributed by atoms with Gasteiger partial charge in [0, 0.05) is 18.5 Å². The second kappa shape index (κ2) is 6.81. The van der Waals surface area contributed by atoms with Gasteiger partial charge in [-0.15, -0.1) is 0 Å². The van der Waals surface area contributed by atoms with Gasteiger partial charge in [-0.3, -0.25) is 4.79 Å². The molecule has 2 aliphatic rings. The van der Waals surface area contributed by atoms with E-state index in [1.54, 1.807) is 0 Å². The number of amidine groups is 1. The number of hydrogen-bond acceptors (Lipinski definition) is 5. The van der Waals surface area contributed by atoms with Crippen molar-refractivity contribution in [3.05, 3.63) is 64.7 Å². The van der Waals surface area contributed by atoms with Crippen LogP contribution in [0.2, 0.25) is 0 Å². The van der Waals surface area contributed by atoms with Crippen molar-refractivity contribution in [1.29, 1.82) is 5.26 Å². The molecule has 6 nitrogen and oxygen atoms in total. The van der Waals surface area contributed by atoms with Crippen LogP contribution in [0.15, 0.2) is 41.4 Å². The SMILES string of the molecule is N#Cc1ccc(C(=O)N2CC[C@@]3(N=C(N)c4c(F)ccc(F)c4N3)[C@H](F)C2)cc1. The molecule has 29 heavy (non-hydrogen) atoms. The summed E-state index contributed by atoms with van der Waals surface area (Å²) in [6.07, 6.45) is -1.68. The van der Waals surface area contributed by atoms with Crippen molar-refractivity contribution in [3.8, 4) is 6.07 Å². The number of amides is 1. The average Bonchev–Trinajstić information content (AvgIpc) is 2.72. The van der Waals surface area contributed by atoms with E-state index < -0.39 is 29.4 Å². The Morgan fingerprint density at radius 3 is 2.59 bits per heavy atom. The number of carbonyl (C=O) groups is 1. The number of rotatable bonds is 1. The number of likely N-dealkylation sites (tertiary alicyclic amines) is 1. The zero-order valence-electron chi connectivity index (χ0n) is 15.1. The van der Waals surface area contributed by atoms with Crippen LogP contribution in [0.1, 0.15) is 27.9 Å². The summed E-state index contributed by atoms with van der Waals surface area (Å²) in [6.45, 7) is -0.163. The van der Waals surface area contributed by atoms with Gasteiger partial charge in [-0.25, -0.2) is 18.2 Å². The van der Waals surface area contributed by atoms with Crippen molar-refractivity contribution >= 4 is 17.4 Å². The Labute approximate surface area is 164 Å². The van der Waals surface area contributed by atoms with Crippen molar-refractivity contribution in [2.24, 2.45) is 10.7 Å². The molecule has 0 aliphatic carbocycles. The number of carbonyl (C=O) groups excluding carboxylic acids is 1. The molecule has 1 saturated heterocycles. The third-order valence-corrected chi connectivity index (χ3v) is 5.23. The smallest absolute Gasteiger partial charge is 0.253 e. The van der Waals surface area contributed by atoms with Gasteiger partial charge in [-0.2, -0.15) is 5.26 Å². The van der Waals surface area contributed by atoms with Crippen LogP contribution in [-0.2, 0) is 0 Å². The van der Waals surface area contributed by atoms with Gasteiger partial charge in [0.2, 0.25) is 0 Å². The van der Waals surface area contributed by atoms with E-state index in [1.807, 2.05) is 6.07 Å². The first-order chi connectivity index (χ1) is 13.8. The molecule has 9 heteroatoms. The highest BCUT2D eigenvalue weighted by atomic mass is 19.1. The molecule has 148 valence electrons. The number of anilines is 1. The van der Waals surface area contributed by atoms with E-state index in [4.69, 9.17) is 11.0 Å². The summed E-state index contributed by atoms with van der Waals surface area (Å²) < 4.78 is 43.4. The van der Waals surface area contributed by atoms with Crippen LogP contribution in [-0.4, -0.2) is 41.6 Å². The van der Waals surface area contributed by atoms with Crippen LogP contribution in [0.5, 0.6) is 0 Å². The number of nitrogens with one attached hydrogen (secondary N) is 1. The Bertz CT molecular complexity index is 1060. The fraction of sp³-hybridized carbons (Fsp3) is 0.250. The van der Waals surface area contributed by atoms with E-state index in [0.29, 0.717) is 11.1 Å². The number of fused-ring (bicyclic) bond motifs is 1. The van der Waals surface area contributed by atoms with Gasteiger partial charge < -0.3 is 16.0 Å². The zero-order valence-corrected chi connectivity index (χ0v) is 15.1. The number of halogens is 3. The quantitative estimate of drug-likeness (QED) is 0.771. The van der Waals surface area contributed by atoms with Gasteiger partial charge in [-0.1, -0.05) is 0 Å². The maximum Gasteiger partial charge on any atom is 0.253 e. The van der Waals surface area contributed by atoms with Gasteiger partial charge in [0.25, 0.3) is 5.91 Å². The molecule has 1 fully saturated rings. The predicted molar refractivity (Wildman–Crippen MR) is 100 cm³/mol. The van der Waals surface area contributed by atoms with E-state index in [2.05, 4.69) is 10.3 Å². The first-order valence-corrected chi connectivity index (χ1v) is 8.90. The maximum atomic E-state index is 15.2. The molecule has 2 atom stereocenters. The van der Waals surface area contributed by atoms with E-state index in [9.17, 15) is 13.6 Å². The van der Waals surface area contributed by atoms with Crippen LogP contribution in [0, 0.1) is 23.0 Å². The zero-order chi connectivity index (χ0) is 20.8. The lowest BCUT2D eigenvalue weighted by molar-refractivity contribution is 0.0494. The molecule has 4 rings (SSSR count). The molecule has 0 unspecified atom stereocenters. The summed E-state index contributed by atoms with van der Waals surface area (Å²) in [6, 6.07) is 9.85. The molecular formula is C20H16F3N5O. The summed E-state index contributed by atoms with van der Waals surface area (Å²) >= 11 is 0. The molecule has 2 aromatic rings. The van der Waals surface area contributed by atoms with Crippen molar-refractivity contribution < 1.29 is 18.0 Å². The number of piperidine rings is 1. The number of nitrogens with zero attached hydrogens (tertiary/aromatic N) is 3. The summed E-state index contributed by atoms with van der Waals surface area (Å²) in [5, 5.41) is 11.5. The molecule has 2 aromatic carbocycles. The second-order valence-electron chi connectivity index (χ2n) is 6.98. The van der Waals surface area contributed by atoms with Crippen LogP contribution in [0.3, 0.4) is 0 Å². The lowest BCUT2D eigenvalue weighted by Crippen LogP contribution is -2.60. The number of aliphatic imine (C=N–C) groups is 1. The molecule has 1 amide bonds. The lowest BCUT2D eigenvalue weighted by atomic mass is 9.91. The summed E-state index contributed by atoms with van der Waals surface area (Å²) in [7, 11) is 0. The predicted octanol–water partition coefficient (Wildman–Crippen LogP) is 2.55. The monoisotopic (exact) mass is 399 g/mol. The minimum Gasteiger partial charge on any atom is -0.383 e. The highest BCUT2D eigenvalue weighted by Crippen LogP contribution is 2.38. The largest absolute Gasteiger partial charge is 0.383 e. The number of hydrogen-bond donors (Lipinski definition) is 2. The molecule has 2 aliphatic heterocycles.